The van der Waals surface area contributed by atoms with Crippen molar-refractivity contribution >= 4 is 95.5 Å². The molecule has 2 saturated carbocycles. The highest BCUT2D eigenvalue weighted by atomic mass is 16.6. The summed E-state index contributed by atoms with van der Waals surface area (Å²) >= 11 is 0. The molecule has 0 amide bonds. The Morgan fingerprint density at radius 1 is 0.471 bits per heavy atom. The molecule has 1 aromatic carbocycles. The number of ether oxygens (including phenoxy) is 8. The first-order valence-corrected chi connectivity index (χ1v) is 29.1. The summed E-state index contributed by atoms with van der Waals surface area (Å²) in [6, 6.07) is 9.39. The van der Waals surface area contributed by atoms with Crippen LogP contribution in [-0.2, 0) is 115 Å². The van der Waals surface area contributed by atoms with Gasteiger partial charge in [0.05, 0.1) is 59.7 Å². The van der Waals surface area contributed by atoms with Gasteiger partial charge in [-0.05, 0) is 114 Å². The topological polar surface area (TPSA) is 347 Å². The number of carbonyl (C=O) groups excluding carboxylic acids is 16. The number of hydrogen-bond donors (Lipinski definition) is 0. The monoisotopic (exact) mass is 1220 g/mol. The highest BCUT2D eigenvalue weighted by Crippen LogP contribution is 2.59. The van der Waals surface area contributed by atoms with Crippen LogP contribution in [-0.4, -0.2) is 95.5 Å². The van der Waals surface area contributed by atoms with Gasteiger partial charge >= 0.3 is 95.5 Å². The smallest absolute Gasteiger partial charge is 0.321 e. The number of fused-ring (bicyclic) bond motifs is 3. The highest BCUT2D eigenvalue weighted by Gasteiger charge is 2.63. The lowest BCUT2D eigenvalue weighted by Crippen LogP contribution is -2.49. The number of carbonyl (C=O) groups is 16. The van der Waals surface area contributed by atoms with Crippen molar-refractivity contribution in [3.8, 4) is 0 Å². The second kappa shape index (κ2) is 31.1. The van der Waals surface area contributed by atoms with E-state index >= 15 is 0 Å². The first-order chi connectivity index (χ1) is 40.4. The van der Waals surface area contributed by atoms with E-state index in [0.717, 1.165) is 43.2 Å². The summed E-state index contributed by atoms with van der Waals surface area (Å²) in [5.74, 6) is -6.22. The van der Waals surface area contributed by atoms with E-state index in [1.165, 1.54) is 0 Å². The minimum Gasteiger partial charge on any atom is -0.393 e. The number of esters is 16. The molecule has 11 rings (SSSR count). The predicted molar refractivity (Wildman–Crippen MR) is 298 cm³/mol. The quantitative estimate of drug-likeness (QED) is 0.121. The van der Waals surface area contributed by atoms with Crippen LogP contribution in [0.1, 0.15) is 196 Å². The van der Waals surface area contributed by atoms with E-state index in [9.17, 15) is 76.7 Å². The number of benzene rings is 1. The van der Waals surface area contributed by atoms with Gasteiger partial charge in [0.15, 0.2) is 0 Å². The Bertz CT molecular complexity index is 2830. The van der Waals surface area contributed by atoms with Crippen LogP contribution in [0.2, 0.25) is 0 Å². The normalized spacial score (nSPS) is 28.1. The molecule has 8 aliphatic heterocycles. The Balaban J connectivity index is 0.000000214. The van der Waals surface area contributed by atoms with Crippen LogP contribution in [0.4, 0.5) is 0 Å². The Labute approximate surface area is 504 Å². The first kappa shape index (κ1) is 71.6. The Morgan fingerprint density at radius 2 is 0.989 bits per heavy atom. The van der Waals surface area contributed by atoms with E-state index in [0.29, 0.717) is 83.0 Å². The lowest BCUT2D eigenvalue weighted by Gasteiger charge is -2.41. The summed E-state index contributed by atoms with van der Waals surface area (Å²) in [7, 11) is 0. The van der Waals surface area contributed by atoms with Crippen molar-refractivity contribution in [2.75, 3.05) is 0 Å². The zero-order valence-electron chi connectivity index (χ0n) is 51.2. The van der Waals surface area contributed by atoms with Crippen molar-refractivity contribution in [3.63, 3.8) is 0 Å². The van der Waals surface area contributed by atoms with Gasteiger partial charge in [0.25, 0.3) is 0 Å². The molecule has 10 aliphatic rings. The third-order valence-corrected chi connectivity index (χ3v) is 16.4. The van der Waals surface area contributed by atoms with Crippen molar-refractivity contribution in [2.24, 2.45) is 57.2 Å². The second-order valence-electron chi connectivity index (χ2n) is 25.4. The van der Waals surface area contributed by atoms with Crippen LogP contribution in [0, 0.1) is 57.2 Å². The van der Waals surface area contributed by atoms with Crippen molar-refractivity contribution < 1.29 is 115 Å². The van der Waals surface area contributed by atoms with Crippen molar-refractivity contribution in [1.29, 1.82) is 0 Å². The lowest BCUT2D eigenvalue weighted by molar-refractivity contribution is -0.185. The number of hydrogen-bond acceptors (Lipinski definition) is 24. The molecular formula is C63H80O24. The summed E-state index contributed by atoms with van der Waals surface area (Å²) in [4.78, 5) is 173. The fourth-order valence-electron chi connectivity index (χ4n) is 10.7. The van der Waals surface area contributed by atoms with Gasteiger partial charge in [-0.15, -0.1) is 6.58 Å². The summed E-state index contributed by atoms with van der Waals surface area (Å²) < 4.78 is 35.5. The molecule has 2 aliphatic carbocycles. The molecule has 8 saturated heterocycles. The van der Waals surface area contributed by atoms with Gasteiger partial charge < -0.3 is 37.9 Å². The molecule has 0 radical (unpaired) electrons. The maximum Gasteiger partial charge on any atom is 0.321 e. The third-order valence-electron chi connectivity index (χ3n) is 16.4. The summed E-state index contributed by atoms with van der Waals surface area (Å²) in [6.45, 7) is 22.7. The zero-order chi connectivity index (χ0) is 65.4. The van der Waals surface area contributed by atoms with E-state index in [1.54, 1.807) is 13.8 Å². The maximum absolute atomic E-state index is 11.6. The standard InChI is InChI=1S/C11H10O3.C10H14O3.C9H12O3.C8H10O3.2C7H10O3.C6H8O3.C5H6O3/c12-10-7-6-9(11(13)14-10)8-4-2-1-3-5-8;1-9(2)6-4-5-10(9,3)8(12)13-7(6)11;1-5-2-3-6-7(4-5)9(11)12-8(6)10;1-5(2)3-6-4-7(9)11-8(6)10;1-7(2)3-5(8)10-6(9)4-7;1-7(2)4-3-5(8)10-6(7)9;1-4-2-5(7)9-6(8)3-4;6-4-2-1-3-5(7)8-4/h1-5,9H,6-7H2;6H,4-5H2,1-3H3;5-7H,2-4H2,1H3;6H,1,3-4H2,2H3;2*3-4H2,1-2H3;4H,2-3H2,1H3;1-3H2. The maximum atomic E-state index is 11.6. The Kier molecular flexibility index (Phi) is 25.6. The van der Waals surface area contributed by atoms with Crippen molar-refractivity contribution in [2.45, 2.75) is 191 Å². The molecular weight excluding hydrogens is 1140 g/mol. The van der Waals surface area contributed by atoms with Crippen molar-refractivity contribution in [1.82, 2.24) is 0 Å². The first-order valence-electron chi connectivity index (χ1n) is 29.1. The molecule has 24 heteroatoms. The second-order valence-corrected chi connectivity index (χ2v) is 25.4. The molecule has 7 unspecified atom stereocenters. The molecule has 7 atom stereocenters. The lowest BCUT2D eigenvalue weighted by atomic mass is 9.64. The van der Waals surface area contributed by atoms with Gasteiger partial charge in [0, 0.05) is 38.5 Å². The van der Waals surface area contributed by atoms with E-state index in [1.807, 2.05) is 78.8 Å². The molecule has 1 aromatic rings. The minimum absolute atomic E-state index is 0.0878. The summed E-state index contributed by atoms with van der Waals surface area (Å²) in [5, 5.41) is 0. The van der Waals surface area contributed by atoms with E-state index in [4.69, 9.17) is 4.74 Å². The van der Waals surface area contributed by atoms with Gasteiger partial charge in [-0.1, -0.05) is 77.4 Å². The van der Waals surface area contributed by atoms with Crippen LogP contribution in [0.5, 0.6) is 0 Å². The SMILES string of the molecule is C=C(C)CC1CC(=O)OC1=O.CC1(C)CC(=O)OC(=O)C1.CC1(C)CCC(=O)OC1=O.CC12CCC(C(=O)OC1=O)C2(C)C.CC1CC(=O)OC(=O)C1.CC1CCC2C(=O)OC(=O)C2C1.O=C1CCC(c2ccccc2)C(=O)O1.O=C1CCCC(=O)O1. The van der Waals surface area contributed by atoms with Gasteiger partial charge in [0.2, 0.25) is 0 Å². The predicted octanol–water partition coefficient (Wildman–Crippen LogP) is 7.79. The molecule has 8 heterocycles. The van der Waals surface area contributed by atoms with Crippen LogP contribution in [0.25, 0.3) is 0 Å². The summed E-state index contributed by atoms with van der Waals surface area (Å²) in [5.41, 5.74) is 0.470. The third kappa shape index (κ3) is 21.5. The van der Waals surface area contributed by atoms with Crippen LogP contribution >= 0.6 is 0 Å². The van der Waals surface area contributed by atoms with Crippen molar-refractivity contribution in [3.05, 3.63) is 48.0 Å². The fraction of sp³-hybridized carbons (Fsp3) is 0.619. The molecule has 24 nitrogen and oxygen atoms in total. The van der Waals surface area contributed by atoms with Gasteiger partial charge in [-0.25, -0.2) is 0 Å². The largest absolute Gasteiger partial charge is 0.393 e. The number of cyclic esters (lactones) is 16. The van der Waals surface area contributed by atoms with Gasteiger partial charge in [-0.2, -0.15) is 0 Å². The molecule has 0 N–H and O–H groups in total. The zero-order valence-corrected chi connectivity index (χ0v) is 51.2. The van der Waals surface area contributed by atoms with E-state index in [-0.39, 0.29) is 88.6 Å². The average Bonchev–Trinajstić information content (AvgIpc) is 1.67. The molecule has 0 spiro atoms. The van der Waals surface area contributed by atoms with E-state index in [2.05, 4.69) is 46.7 Å². The van der Waals surface area contributed by atoms with Gasteiger partial charge in [0.1, 0.15) is 0 Å². The molecule has 0 aromatic heterocycles. The fourth-order valence-corrected chi connectivity index (χ4v) is 10.7. The van der Waals surface area contributed by atoms with Gasteiger partial charge in [-0.3, -0.25) is 76.7 Å². The number of allylic oxidation sites excluding steroid dienone is 1. The molecule has 10 fully saturated rings. The molecule has 2 bridgehead atoms. The number of rotatable bonds is 3. The van der Waals surface area contributed by atoms with E-state index < -0.39 is 70.5 Å². The summed E-state index contributed by atoms with van der Waals surface area (Å²) in [6.07, 6.45) is 9.77. The molecule has 87 heavy (non-hydrogen) atoms. The van der Waals surface area contributed by atoms with Crippen LogP contribution in [0.3, 0.4) is 0 Å². The minimum atomic E-state index is -0.464. The average molecular weight is 1220 g/mol. The van der Waals surface area contributed by atoms with Crippen LogP contribution < -0.4 is 0 Å². The Morgan fingerprint density at radius 3 is 1.47 bits per heavy atom. The molecule has 476 valence electrons. The Hall–Kier alpha value is -7.92. The van der Waals surface area contributed by atoms with Crippen LogP contribution in [0.15, 0.2) is 42.5 Å². The highest BCUT2D eigenvalue weighted by molar-refractivity contribution is 5.98.